The Kier molecular flexibility index (Phi) is 4.93. The predicted octanol–water partition coefficient (Wildman–Crippen LogP) is 9.26. The van der Waals surface area contributed by atoms with Crippen LogP contribution in [0.4, 0.5) is 0 Å². The third-order valence-electron chi connectivity index (χ3n) is 7.78. The number of fused-ring (bicyclic) bond motifs is 12. The smallest absolute Gasteiger partial charge is 0.109 e. The second-order valence-electron chi connectivity index (χ2n) is 9.13. The molecule has 0 spiro atoms. The van der Waals surface area contributed by atoms with E-state index in [2.05, 4.69) is 72.8 Å². The Labute approximate surface area is 217 Å². The summed E-state index contributed by atoms with van der Waals surface area (Å²) in [5, 5.41) is 5.95. The molecule has 0 N–H and O–H groups in total. The van der Waals surface area contributed by atoms with Gasteiger partial charge in [-0.15, -0.1) is 23.2 Å². The van der Waals surface area contributed by atoms with Crippen molar-refractivity contribution in [3.63, 3.8) is 0 Å². The van der Waals surface area contributed by atoms with Gasteiger partial charge in [-0.25, -0.2) is 0 Å². The van der Waals surface area contributed by atoms with Crippen molar-refractivity contribution in [1.82, 2.24) is 0 Å². The first-order valence-corrected chi connectivity index (χ1v) is 12.9. The highest BCUT2D eigenvalue weighted by Crippen LogP contribution is 2.81. The zero-order valence-electron chi connectivity index (χ0n) is 16.7. The van der Waals surface area contributed by atoms with Crippen molar-refractivity contribution < 1.29 is 0 Å². The van der Waals surface area contributed by atoms with Gasteiger partial charge in [0.05, 0.1) is 10.1 Å². The van der Waals surface area contributed by atoms with Gasteiger partial charge in [0.25, 0.3) is 0 Å². The Morgan fingerprint density at radius 1 is 0.594 bits per heavy atom. The normalized spacial score (nSPS) is 37.8. The first-order chi connectivity index (χ1) is 15.2. The minimum absolute atomic E-state index is 0.0664. The van der Waals surface area contributed by atoms with Gasteiger partial charge in [-0.1, -0.05) is 119 Å². The molecule has 0 radical (unpaired) electrons. The van der Waals surface area contributed by atoms with Crippen LogP contribution >= 0.6 is 69.6 Å². The van der Waals surface area contributed by atoms with Crippen LogP contribution < -0.4 is 0 Å². The number of hydrogen-bond donors (Lipinski definition) is 0. The third kappa shape index (κ3) is 2.50. The maximum absolute atomic E-state index is 6.76. The summed E-state index contributed by atoms with van der Waals surface area (Å²) in [6.07, 6.45) is 5.40. The standard InChI is InChI=1S/C14H10.C12H8Cl6/c1-3-7-13-11(5-1)9-10-12-6-2-4-8-14(12)13;13-8-9(14)11(16)7-5-2-1-4(3-5)6(7)10(8,15)12(11,17)18/h1-10H;1-2,4-7H,3H2/t;4-,5+,6+,7-,10+,11-. The maximum Gasteiger partial charge on any atom is 0.166 e. The van der Waals surface area contributed by atoms with Gasteiger partial charge >= 0.3 is 0 Å². The molecular weight excluding hydrogens is 525 g/mol. The maximum atomic E-state index is 6.76. The Balaban J connectivity index is 0.000000126. The summed E-state index contributed by atoms with van der Waals surface area (Å²) in [6, 6.07) is 21.4. The zero-order valence-corrected chi connectivity index (χ0v) is 21.2. The average Bonchev–Trinajstić information content (AvgIpc) is 3.49. The van der Waals surface area contributed by atoms with Crippen molar-refractivity contribution in [3.8, 4) is 0 Å². The summed E-state index contributed by atoms with van der Waals surface area (Å²) in [4.78, 5) is -2.13. The Morgan fingerprint density at radius 3 is 1.44 bits per heavy atom. The highest BCUT2D eigenvalue weighted by molar-refractivity contribution is 6.65. The van der Waals surface area contributed by atoms with Crippen molar-refractivity contribution in [3.05, 3.63) is 82.9 Å². The van der Waals surface area contributed by atoms with Crippen LogP contribution in [-0.2, 0) is 0 Å². The molecular formula is C26H18Cl6. The van der Waals surface area contributed by atoms with Crippen molar-refractivity contribution in [1.29, 1.82) is 0 Å². The molecule has 0 heterocycles. The molecule has 0 nitrogen and oxygen atoms in total. The van der Waals surface area contributed by atoms with E-state index in [0.717, 1.165) is 6.42 Å². The van der Waals surface area contributed by atoms with Crippen LogP contribution in [0, 0.1) is 23.7 Å². The molecule has 0 amide bonds. The van der Waals surface area contributed by atoms with E-state index in [1.54, 1.807) is 0 Å². The molecule has 3 aromatic carbocycles. The molecule has 4 aliphatic carbocycles. The lowest BCUT2D eigenvalue weighted by molar-refractivity contribution is 0.305. The van der Waals surface area contributed by atoms with E-state index >= 15 is 0 Å². The van der Waals surface area contributed by atoms with E-state index in [9.17, 15) is 0 Å². The first kappa shape index (κ1) is 21.9. The third-order valence-corrected chi connectivity index (χ3v) is 12.1. The Bertz CT molecular complexity index is 1230. The second kappa shape index (κ2) is 7.20. The number of allylic oxidation sites excluding steroid dienone is 4. The van der Waals surface area contributed by atoms with E-state index in [-0.39, 0.29) is 11.8 Å². The SMILES string of the molecule is ClC1=C(Cl)[C@]2(Cl)[C@H]3[C@H]([C@@H]4C=C[C@H]3C4)[C@@]1(Cl)C2(Cl)Cl.c1ccc2c(c1)ccc1ccccc12. The summed E-state index contributed by atoms with van der Waals surface area (Å²) in [5.74, 6) is 0.815. The molecule has 0 unspecified atom stereocenters. The van der Waals surface area contributed by atoms with Gasteiger partial charge in [0.15, 0.2) is 4.33 Å². The van der Waals surface area contributed by atoms with Gasteiger partial charge in [-0.05, 0) is 51.6 Å². The highest BCUT2D eigenvalue weighted by Gasteiger charge is 2.85. The number of benzene rings is 3. The second-order valence-corrected chi connectivity index (χ2v) is 12.4. The van der Waals surface area contributed by atoms with E-state index < -0.39 is 14.1 Å². The van der Waals surface area contributed by atoms with Crippen LogP contribution in [0.2, 0.25) is 0 Å². The lowest BCUT2D eigenvalue weighted by atomic mass is 9.75. The molecule has 0 aliphatic heterocycles. The van der Waals surface area contributed by atoms with Crippen LogP contribution in [0.1, 0.15) is 6.42 Å². The molecule has 4 bridgehead atoms. The number of hydrogen-bond acceptors (Lipinski definition) is 0. The fraction of sp³-hybridized carbons (Fsp3) is 0.308. The lowest BCUT2D eigenvalue weighted by Gasteiger charge is -2.37. The van der Waals surface area contributed by atoms with Crippen LogP contribution in [0.15, 0.2) is 82.9 Å². The van der Waals surface area contributed by atoms with Gasteiger partial charge in [-0.3, -0.25) is 0 Å². The summed E-state index contributed by atoms with van der Waals surface area (Å²) in [6.45, 7) is 0. The van der Waals surface area contributed by atoms with Crippen molar-refractivity contribution in [2.24, 2.45) is 23.7 Å². The van der Waals surface area contributed by atoms with Gasteiger partial charge in [0.1, 0.15) is 9.75 Å². The molecule has 2 fully saturated rings. The molecule has 4 aliphatic rings. The van der Waals surface area contributed by atoms with Gasteiger partial charge in [0, 0.05) is 0 Å². The molecule has 6 heteroatoms. The number of rotatable bonds is 0. The summed E-state index contributed by atoms with van der Waals surface area (Å²) in [7, 11) is 0. The minimum Gasteiger partial charge on any atom is -0.109 e. The van der Waals surface area contributed by atoms with E-state index in [0.29, 0.717) is 21.9 Å². The summed E-state index contributed by atoms with van der Waals surface area (Å²) >= 11 is 39.2. The van der Waals surface area contributed by atoms with Crippen molar-refractivity contribution >= 4 is 91.2 Å². The average molecular weight is 543 g/mol. The van der Waals surface area contributed by atoms with Gasteiger partial charge < -0.3 is 0 Å². The largest absolute Gasteiger partial charge is 0.166 e. The fourth-order valence-corrected chi connectivity index (χ4v) is 9.57. The monoisotopic (exact) mass is 540 g/mol. The molecule has 6 atom stereocenters. The fourth-order valence-electron chi connectivity index (χ4n) is 6.43. The number of alkyl halides is 4. The van der Waals surface area contributed by atoms with Crippen LogP contribution in [0.25, 0.3) is 21.5 Å². The number of halogens is 6. The molecule has 2 saturated carbocycles. The molecule has 0 saturated heterocycles. The quantitative estimate of drug-likeness (QED) is 0.115. The van der Waals surface area contributed by atoms with Gasteiger partial charge in [0.2, 0.25) is 0 Å². The van der Waals surface area contributed by atoms with Crippen LogP contribution in [0.3, 0.4) is 0 Å². The van der Waals surface area contributed by atoms with Crippen LogP contribution in [0.5, 0.6) is 0 Å². The van der Waals surface area contributed by atoms with Crippen molar-refractivity contribution in [2.45, 2.75) is 20.5 Å². The first-order valence-electron chi connectivity index (χ1n) is 10.6. The van der Waals surface area contributed by atoms with E-state index in [1.807, 2.05) is 0 Å². The summed E-state index contributed by atoms with van der Waals surface area (Å²) < 4.78 is -1.37. The Morgan fingerprint density at radius 2 is 1.00 bits per heavy atom. The molecule has 164 valence electrons. The topological polar surface area (TPSA) is 0 Å². The van der Waals surface area contributed by atoms with Gasteiger partial charge in [-0.2, -0.15) is 0 Å². The highest BCUT2D eigenvalue weighted by atomic mass is 35.5. The minimum atomic E-state index is -1.37. The van der Waals surface area contributed by atoms with E-state index in [4.69, 9.17) is 69.6 Å². The lowest BCUT2D eigenvalue weighted by Crippen LogP contribution is -2.46. The predicted molar refractivity (Wildman–Crippen MR) is 140 cm³/mol. The van der Waals surface area contributed by atoms with Crippen LogP contribution in [-0.4, -0.2) is 14.1 Å². The van der Waals surface area contributed by atoms with E-state index in [1.165, 1.54) is 21.5 Å². The summed E-state index contributed by atoms with van der Waals surface area (Å²) in [5.41, 5.74) is 0. The molecule has 3 aromatic rings. The van der Waals surface area contributed by atoms with Crippen molar-refractivity contribution in [2.75, 3.05) is 0 Å². The Hall–Kier alpha value is -0.600. The molecule has 32 heavy (non-hydrogen) atoms. The zero-order chi connectivity index (χ0) is 22.5. The molecule has 7 rings (SSSR count). The molecule has 0 aromatic heterocycles.